The van der Waals surface area contributed by atoms with Crippen molar-refractivity contribution in [1.82, 2.24) is 4.90 Å². The highest BCUT2D eigenvalue weighted by molar-refractivity contribution is 6.30. The quantitative estimate of drug-likeness (QED) is 0.833. The van der Waals surface area contributed by atoms with Gasteiger partial charge in [-0.05, 0) is 71.2 Å². The Morgan fingerprint density at radius 3 is 2.24 bits per heavy atom. The van der Waals surface area contributed by atoms with Crippen LogP contribution in [0.4, 0.5) is 0 Å². The molecule has 0 aliphatic carbocycles. The van der Waals surface area contributed by atoms with Crippen LogP contribution < -0.4 is 4.74 Å². The number of halogens is 1. The average molecular weight is 310 g/mol. The van der Waals surface area contributed by atoms with E-state index in [0.717, 1.165) is 12.8 Å². The molecule has 1 aliphatic heterocycles. The number of ether oxygens (including phenoxy) is 1. The van der Waals surface area contributed by atoms with Crippen LogP contribution >= 0.6 is 11.6 Å². The van der Waals surface area contributed by atoms with E-state index in [0.29, 0.717) is 10.8 Å². The lowest BCUT2D eigenvalue weighted by atomic mass is 9.94. The lowest BCUT2D eigenvalue weighted by molar-refractivity contribution is -0.151. The van der Waals surface area contributed by atoms with Gasteiger partial charge >= 0.3 is 0 Å². The summed E-state index contributed by atoms with van der Waals surface area (Å²) in [5, 5.41) is 0.657. The maximum absolute atomic E-state index is 12.9. The Bertz CT molecular complexity index is 488. The molecule has 116 valence electrons. The second-order valence-electron chi connectivity index (χ2n) is 6.41. The van der Waals surface area contributed by atoms with Gasteiger partial charge in [0.25, 0.3) is 5.91 Å². The molecule has 1 amide bonds. The molecule has 1 saturated heterocycles. The monoisotopic (exact) mass is 309 g/mol. The Hall–Kier alpha value is -1.22. The molecule has 0 unspecified atom stereocenters. The Morgan fingerprint density at radius 2 is 1.71 bits per heavy atom. The topological polar surface area (TPSA) is 29.5 Å². The summed E-state index contributed by atoms with van der Waals surface area (Å²) >= 11 is 5.87. The first-order valence-electron chi connectivity index (χ1n) is 7.58. The highest BCUT2D eigenvalue weighted by Crippen LogP contribution is 2.28. The van der Waals surface area contributed by atoms with Crippen LogP contribution in [0.25, 0.3) is 0 Å². The van der Waals surface area contributed by atoms with E-state index >= 15 is 0 Å². The molecule has 0 spiro atoms. The normalized spacial score (nSPS) is 23.0. The Kier molecular flexibility index (Phi) is 4.82. The molecule has 0 radical (unpaired) electrons. The van der Waals surface area contributed by atoms with Crippen LogP contribution in [-0.2, 0) is 4.79 Å². The molecule has 3 nitrogen and oxygen atoms in total. The smallest absolute Gasteiger partial charge is 0.266 e. The van der Waals surface area contributed by atoms with E-state index in [1.54, 1.807) is 24.3 Å². The van der Waals surface area contributed by atoms with Crippen LogP contribution in [0.1, 0.15) is 47.0 Å². The molecule has 0 saturated carbocycles. The van der Waals surface area contributed by atoms with Gasteiger partial charge in [-0.15, -0.1) is 0 Å². The van der Waals surface area contributed by atoms with Crippen LogP contribution in [0.15, 0.2) is 24.3 Å². The third-order valence-corrected chi connectivity index (χ3v) is 4.38. The molecule has 0 N–H and O–H groups in total. The van der Waals surface area contributed by atoms with Gasteiger partial charge in [-0.2, -0.15) is 0 Å². The van der Waals surface area contributed by atoms with E-state index < -0.39 is 5.60 Å². The largest absolute Gasteiger partial charge is 0.478 e. The van der Waals surface area contributed by atoms with Crippen LogP contribution in [0.3, 0.4) is 0 Å². The summed E-state index contributed by atoms with van der Waals surface area (Å²) in [6.45, 7) is 7.90. The summed E-state index contributed by atoms with van der Waals surface area (Å²) in [7, 11) is 0. The molecule has 1 heterocycles. The van der Waals surface area contributed by atoms with E-state index in [1.807, 2.05) is 18.7 Å². The van der Waals surface area contributed by atoms with Crippen molar-refractivity contribution >= 4 is 17.5 Å². The molecule has 4 heteroatoms. The fourth-order valence-corrected chi connectivity index (χ4v) is 3.10. The van der Waals surface area contributed by atoms with Crippen molar-refractivity contribution in [1.29, 1.82) is 0 Å². The van der Waals surface area contributed by atoms with Crippen molar-refractivity contribution in [2.75, 3.05) is 0 Å². The van der Waals surface area contributed by atoms with Crippen molar-refractivity contribution in [3.8, 4) is 5.75 Å². The van der Waals surface area contributed by atoms with Crippen LogP contribution in [-0.4, -0.2) is 28.5 Å². The van der Waals surface area contributed by atoms with Gasteiger partial charge < -0.3 is 9.64 Å². The zero-order valence-electron chi connectivity index (χ0n) is 13.2. The van der Waals surface area contributed by atoms with E-state index in [9.17, 15) is 4.79 Å². The SMILES string of the molecule is C[C@H]1CCC[C@H](C)N1C(=O)C(C)(C)Oc1ccc(Cl)cc1. The number of piperidine rings is 1. The predicted molar refractivity (Wildman–Crippen MR) is 85.8 cm³/mol. The third kappa shape index (κ3) is 3.70. The fraction of sp³-hybridized carbons (Fsp3) is 0.588. The number of likely N-dealkylation sites (tertiary alicyclic amines) is 1. The lowest BCUT2D eigenvalue weighted by Crippen LogP contribution is -2.56. The van der Waals surface area contributed by atoms with Crippen molar-refractivity contribution in [3.63, 3.8) is 0 Å². The zero-order valence-corrected chi connectivity index (χ0v) is 14.0. The van der Waals surface area contributed by atoms with Gasteiger partial charge in [-0.25, -0.2) is 0 Å². The highest BCUT2D eigenvalue weighted by Gasteiger charge is 2.39. The minimum absolute atomic E-state index is 0.0529. The first kappa shape index (κ1) is 16.2. The second kappa shape index (κ2) is 6.27. The summed E-state index contributed by atoms with van der Waals surface area (Å²) in [6, 6.07) is 7.66. The number of carbonyl (C=O) groups is 1. The Morgan fingerprint density at radius 1 is 1.19 bits per heavy atom. The standard InChI is InChI=1S/C17H24ClNO2/c1-12-6-5-7-13(2)19(12)16(20)17(3,4)21-15-10-8-14(18)9-11-15/h8-13H,5-7H2,1-4H3/t12-,13-/m0/s1. The summed E-state index contributed by atoms with van der Waals surface area (Å²) < 4.78 is 5.92. The molecule has 2 atom stereocenters. The van der Waals surface area contributed by atoms with E-state index in [4.69, 9.17) is 16.3 Å². The van der Waals surface area contributed by atoms with Gasteiger partial charge in [0.05, 0.1) is 0 Å². The molecule has 1 aromatic carbocycles. The molecule has 1 aliphatic rings. The first-order valence-corrected chi connectivity index (χ1v) is 7.96. The minimum atomic E-state index is -0.881. The second-order valence-corrected chi connectivity index (χ2v) is 6.84. The molecule has 0 aromatic heterocycles. The molecule has 0 bridgehead atoms. The Labute approximate surface area is 132 Å². The van der Waals surface area contributed by atoms with E-state index in [2.05, 4.69) is 13.8 Å². The number of rotatable bonds is 3. The minimum Gasteiger partial charge on any atom is -0.478 e. The van der Waals surface area contributed by atoms with Gasteiger partial charge in [0.2, 0.25) is 0 Å². The number of hydrogen-bond donors (Lipinski definition) is 0. The Balaban J connectivity index is 2.13. The number of nitrogens with zero attached hydrogens (tertiary/aromatic N) is 1. The number of carbonyl (C=O) groups excluding carboxylic acids is 1. The zero-order chi connectivity index (χ0) is 15.6. The van der Waals surface area contributed by atoms with Crippen LogP contribution in [0.2, 0.25) is 5.02 Å². The van der Waals surface area contributed by atoms with Crippen molar-refractivity contribution in [3.05, 3.63) is 29.3 Å². The number of benzene rings is 1. The summed E-state index contributed by atoms with van der Waals surface area (Å²) in [5.41, 5.74) is -0.881. The van der Waals surface area contributed by atoms with Gasteiger partial charge in [0.15, 0.2) is 5.60 Å². The predicted octanol–water partition coefficient (Wildman–Crippen LogP) is 4.29. The average Bonchev–Trinajstić information content (AvgIpc) is 2.41. The number of amides is 1. The summed E-state index contributed by atoms with van der Waals surface area (Å²) in [5.74, 6) is 0.715. The third-order valence-electron chi connectivity index (χ3n) is 4.13. The van der Waals surface area contributed by atoms with Crippen LogP contribution in [0, 0.1) is 0 Å². The maximum atomic E-state index is 12.9. The van der Waals surface area contributed by atoms with E-state index in [-0.39, 0.29) is 18.0 Å². The van der Waals surface area contributed by atoms with Gasteiger partial charge in [0.1, 0.15) is 5.75 Å². The lowest BCUT2D eigenvalue weighted by Gasteiger charge is -2.42. The van der Waals surface area contributed by atoms with Crippen molar-refractivity contribution in [2.24, 2.45) is 0 Å². The molecule has 21 heavy (non-hydrogen) atoms. The van der Waals surface area contributed by atoms with Crippen LogP contribution in [0.5, 0.6) is 5.75 Å². The maximum Gasteiger partial charge on any atom is 0.266 e. The van der Waals surface area contributed by atoms with Gasteiger partial charge in [-0.3, -0.25) is 4.79 Å². The number of hydrogen-bond acceptors (Lipinski definition) is 2. The fourth-order valence-electron chi connectivity index (χ4n) is 2.97. The summed E-state index contributed by atoms with van der Waals surface area (Å²) in [6.07, 6.45) is 3.31. The molecular formula is C17H24ClNO2. The molecule has 1 aromatic rings. The molecule has 2 rings (SSSR count). The summed E-state index contributed by atoms with van der Waals surface area (Å²) in [4.78, 5) is 14.9. The van der Waals surface area contributed by atoms with E-state index in [1.165, 1.54) is 6.42 Å². The highest BCUT2D eigenvalue weighted by atomic mass is 35.5. The first-order chi connectivity index (χ1) is 9.81. The van der Waals surface area contributed by atoms with Crippen molar-refractivity contribution < 1.29 is 9.53 Å². The molecule has 1 fully saturated rings. The van der Waals surface area contributed by atoms with Gasteiger partial charge in [0, 0.05) is 17.1 Å². The molecular weight excluding hydrogens is 286 g/mol. The van der Waals surface area contributed by atoms with Crippen molar-refractivity contribution in [2.45, 2.75) is 64.6 Å². The van der Waals surface area contributed by atoms with Gasteiger partial charge in [-0.1, -0.05) is 11.6 Å².